The summed E-state index contributed by atoms with van der Waals surface area (Å²) < 4.78 is 0. The molecule has 60 valence electrons. The summed E-state index contributed by atoms with van der Waals surface area (Å²) in [6.07, 6.45) is 0. The van der Waals surface area contributed by atoms with Gasteiger partial charge in [0.1, 0.15) is 0 Å². The van der Waals surface area contributed by atoms with E-state index in [1.54, 1.807) is 0 Å². The van der Waals surface area contributed by atoms with Gasteiger partial charge in [-0.15, -0.1) is 6.04 Å². The van der Waals surface area contributed by atoms with Crippen LogP contribution in [-0.2, 0) is 0 Å². The third-order valence-corrected chi connectivity index (χ3v) is 1.74. The molecule has 0 fully saturated rings. The molecule has 2 heteroatoms. The Morgan fingerprint density at radius 3 is 2.33 bits per heavy atom. The molecule has 0 unspecified atom stereocenters. The van der Waals surface area contributed by atoms with E-state index in [0.717, 1.165) is 6.54 Å². The molecule has 0 amide bonds. The van der Waals surface area contributed by atoms with E-state index in [0.29, 0.717) is 6.04 Å². The molecule has 1 rings (SSSR count). The second kappa shape index (κ2) is 6.31. The van der Waals surface area contributed by atoms with Gasteiger partial charge in [-0.25, -0.2) is 0 Å². The maximum Gasteiger partial charge on any atom is 1.00 e. The van der Waals surface area contributed by atoms with Crippen LogP contribution in [-0.4, -0.2) is 6.54 Å². The van der Waals surface area contributed by atoms with Crippen molar-refractivity contribution >= 4 is 0 Å². The van der Waals surface area contributed by atoms with E-state index in [-0.39, 0.29) is 18.9 Å². The average Bonchev–Trinajstić information content (AvgIpc) is 2.07. The number of benzene rings is 1. The molecular formula is C10H14LiN. The smallest absolute Gasteiger partial charge is 0.656 e. The van der Waals surface area contributed by atoms with Gasteiger partial charge in [-0.3, -0.25) is 0 Å². The van der Waals surface area contributed by atoms with E-state index >= 15 is 0 Å². The fourth-order valence-electron chi connectivity index (χ4n) is 1.11. The Morgan fingerprint density at radius 1 is 1.25 bits per heavy atom. The molecule has 1 aromatic rings. The number of rotatable bonds is 3. The second-order valence-electron chi connectivity index (χ2n) is 2.59. The van der Waals surface area contributed by atoms with Crippen LogP contribution in [0.3, 0.4) is 0 Å². The summed E-state index contributed by atoms with van der Waals surface area (Å²) in [5.74, 6) is 0. The van der Waals surface area contributed by atoms with Crippen LogP contribution in [0.2, 0.25) is 0 Å². The maximum atomic E-state index is 4.39. The molecule has 0 aromatic heterocycles. The van der Waals surface area contributed by atoms with Gasteiger partial charge in [0.05, 0.1) is 0 Å². The molecule has 0 heterocycles. The Morgan fingerprint density at radius 2 is 1.83 bits per heavy atom. The molecular weight excluding hydrogens is 141 g/mol. The molecule has 0 N–H and O–H groups in total. The van der Waals surface area contributed by atoms with Gasteiger partial charge in [0.25, 0.3) is 0 Å². The molecule has 1 atom stereocenters. The predicted molar refractivity (Wildman–Crippen MR) is 48.8 cm³/mol. The Hall–Kier alpha value is -0.223. The van der Waals surface area contributed by atoms with E-state index < -0.39 is 0 Å². The monoisotopic (exact) mass is 155 g/mol. The summed E-state index contributed by atoms with van der Waals surface area (Å²) >= 11 is 0. The third kappa shape index (κ3) is 3.45. The first-order chi connectivity index (χ1) is 5.34. The Kier molecular flexibility index (Phi) is 6.19. The molecule has 0 saturated carbocycles. The van der Waals surface area contributed by atoms with Gasteiger partial charge in [-0.2, -0.15) is 6.54 Å². The maximum absolute atomic E-state index is 4.39. The van der Waals surface area contributed by atoms with Crippen LogP contribution in [0.4, 0.5) is 0 Å². The number of hydrogen-bond donors (Lipinski definition) is 0. The first-order valence-electron chi connectivity index (χ1n) is 4.06. The van der Waals surface area contributed by atoms with E-state index in [9.17, 15) is 0 Å². The van der Waals surface area contributed by atoms with Gasteiger partial charge in [0.2, 0.25) is 0 Å². The first kappa shape index (κ1) is 11.8. The summed E-state index contributed by atoms with van der Waals surface area (Å²) in [4.78, 5) is 0. The topological polar surface area (TPSA) is 14.1 Å². The zero-order valence-corrected chi connectivity index (χ0v) is 8.12. The summed E-state index contributed by atoms with van der Waals surface area (Å²) in [5.41, 5.74) is 1.30. The van der Waals surface area contributed by atoms with Gasteiger partial charge < -0.3 is 5.32 Å². The molecule has 0 aliphatic carbocycles. The zero-order valence-electron chi connectivity index (χ0n) is 8.12. The molecule has 1 aromatic carbocycles. The van der Waals surface area contributed by atoms with Crippen molar-refractivity contribution in [3.63, 3.8) is 0 Å². The quantitative estimate of drug-likeness (QED) is 0.551. The van der Waals surface area contributed by atoms with Crippen molar-refractivity contribution in [2.45, 2.75) is 19.9 Å². The minimum absolute atomic E-state index is 0. The fourth-order valence-corrected chi connectivity index (χ4v) is 1.11. The summed E-state index contributed by atoms with van der Waals surface area (Å²) in [6.45, 7) is 5.09. The van der Waals surface area contributed by atoms with Gasteiger partial charge in [0.15, 0.2) is 0 Å². The van der Waals surface area contributed by atoms with Crippen molar-refractivity contribution < 1.29 is 18.9 Å². The third-order valence-electron chi connectivity index (χ3n) is 1.74. The van der Waals surface area contributed by atoms with Crippen LogP contribution in [0.15, 0.2) is 30.3 Å². The van der Waals surface area contributed by atoms with Crippen molar-refractivity contribution in [1.29, 1.82) is 0 Å². The standard InChI is InChI=1S/C10H14N.Li/c1-3-11-9(2)10-7-5-4-6-8-10;/h4-9H,3H2,1-2H3;/q-1;+1/t9-;/m1./s1. The van der Waals surface area contributed by atoms with Crippen molar-refractivity contribution in [3.05, 3.63) is 41.2 Å². The van der Waals surface area contributed by atoms with E-state index in [1.807, 2.05) is 6.07 Å². The first-order valence-corrected chi connectivity index (χ1v) is 4.06. The molecule has 0 bridgehead atoms. The SMILES string of the molecule is CC[N-][C@H](C)c1ccccc1.[Li+]. The minimum Gasteiger partial charge on any atom is -0.656 e. The van der Waals surface area contributed by atoms with Gasteiger partial charge in [-0.05, 0) is 0 Å². The van der Waals surface area contributed by atoms with E-state index in [2.05, 4.69) is 43.4 Å². The van der Waals surface area contributed by atoms with Crippen molar-refractivity contribution in [1.82, 2.24) is 0 Å². The van der Waals surface area contributed by atoms with Gasteiger partial charge in [0, 0.05) is 0 Å². The second-order valence-corrected chi connectivity index (χ2v) is 2.59. The molecule has 0 saturated heterocycles. The van der Waals surface area contributed by atoms with Gasteiger partial charge >= 0.3 is 18.9 Å². The van der Waals surface area contributed by atoms with Crippen LogP contribution in [0.5, 0.6) is 0 Å². The number of nitrogens with zero attached hydrogens (tertiary/aromatic N) is 1. The molecule has 0 aliphatic rings. The summed E-state index contributed by atoms with van der Waals surface area (Å²) in [7, 11) is 0. The zero-order chi connectivity index (χ0) is 8.10. The largest absolute Gasteiger partial charge is 1.00 e. The van der Waals surface area contributed by atoms with Crippen molar-refractivity contribution in [3.8, 4) is 0 Å². The van der Waals surface area contributed by atoms with Gasteiger partial charge in [-0.1, -0.05) is 49.7 Å². The van der Waals surface area contributed by atoms with Crippen LogP contribution < -0.4 is 18.9 Å². The molecule has 0 spiro atoms. The Bertz CT molecular complexity index is 198. The predicted octanol–water partition coefficient (Wildman–Crippen LogP) is 0.145. The van der Waals surface area contributed by atoms with E-state index in [4.69, 9.17) is 0 Å². The fraction of sp³-hybridized carbons (Fsp3) is 0.400. The van der Waals surface area contributed by atoms with Crippen LogP contribution in [0.1, 0.15) is 25.5 Å². The molecule has 0 radical (unpaired) electrons. The summed E-state index contributed by atoms with van der Waals surface area (Å²) in [5, 5.41) is 4.39. The van der Waals surface area contributed by atoms with Crippen molar-refractivity contribution in [2.75, 3.05) is 6.54 Å². The molecule has 1 nitrogen and oxygen atoms in total. The van der Waals surface area contributed by atoms with Crippen LogP contribution in [0, 0.1) is 0 Å². The van der Waals surface area contributed by atoms with Crippen LogP contribution >= 0.6 is 0 Å². The van der Waals surface area contributed by atoms with Crippen LogP contribution in [0.25, 0.3) is 5.32 Å². The Labute approximate surface area is 86.7 Å². The van der Waals surface area contributed by atoms with E-state index in [1.165, 1.54) is 5.56 Å². The molecule has 0 aliphatic heterocycles. The number of hydrogen-bond acceptors (Lipinski definition) is 0. The van der Waals surface area contributed by atoms with Crippen molar-refractivity contribution in [2.24, 2.45) is 0 Å². The normalized spacial score (nSPS) is 11.8. The minimum atomic E-state index is 0. The average molecular weight is 155 g/mol. The Balaban J connectivity index is 0.00000121. The summed E-state index contributed by atoms with van der Waals surface area (Å²) in [6, 6.07) is 10.7. The molecule has 12 heavy (non-hydrogen) atoms.